The Labute approximate surface area is 201 Å². The number of primary amides is 1. The van der Waals surface area contributed by atoms with E-state index in [0.717, 1.165) is 6.42 Å². The average molecular weight is 487 g/mol. The summed E-state index contributed by atoms with van der Waals surface area (Å²) < 4.78 is 0. The van der Waals surface area contributed by atoms with Gasteiger partial charge in [-0.25, -0.2) is 4.79 Å². The highest BCUT2D eigenvalue weighted by Gasteiger charge is 2.32. The normalized spacial score (nSPS) is 15.5. The minimum absolute atomic E-state index is 0.00901. The Balaban J connectivity index is 5.49. The molecule has 0 aromatic carbocycles. The van der Waals surface area contributed by atoms with E-state index in [2.05, 4.69) is 16.0 Å². The molecule has 34 heavy (non-hydrogen) atoms. The Bertz CT molecular complexity index is 701. The van der Waals surface area contributed by atoms with Gasteiger partial charge in [-0.3, -0.25) is 19.2 Å². The van der Waals surface area contributed by atoms with Crippen LogP contribution in [0.3, 0.4) is 0 Å². The number of unbranched alkanes of at least 4 members (excludes halogenated alkanes) is 1. The van der Waals surface area contributed by atoms with E-state index in [4.69, 9.17) is 17.2 Å². The fraction of sp³-hybridized carbons (Fsp3) is 0.773. The molecule has 0 fully saturated rings. The molecule has 4 amide bonds. The molecule has 196 valence electrons. The number of hydrogen-bond acceptors (Lipinski definition) is 7. The zero-order chi connectivity index (χ0) is 26.4. The smallest absolute Gasteiger partial charge is 0.326 e. The first-order valence-corrected chi connectivity index (χ1v) is 11.7. The number of hydrogen-bond donors (Lipinski definition) is 7. The van der Waals surface area contributed by atoms with Crippen LogP contribution >= 0.6 is 0 Å². The van der Waals surface area contributed by atoms with Crippen LogP contribution in [0.2, 0.25) is 0 Å². The van der Waals surface area contributed by atoms with Crippen LogP contribution in [0.1, 0.15) is 66.2 Å². The summed E-state index contributed by atoms with van der Waals surface area (Å²) in [5.74, 6) is -4.55. The second-order valence-corrected chi connectivity index (χ2v) is 9.02. The summed E-state index contributed by atoms with van der Waals surface area (Å²) in [6, 6.07) is -4.45. The summed E-state index contributed by atoms with van der Waals surface area (Å²) in [5.41, 5.74) is 16.6. The largest absolute Gasteiger partial charge is 0.480 e. The van der Waals surface area contributed by atoms with Gasteiger partial charge in [0.2, 0.25) is 23.6 Å². The minimum atomic E-state index is -1.40. The summed E-state index contributed by atoms with van der Waals surface area (Å²) >= 11 is 0. The molecule has 12 nitrogen and oxygen atoms in total. The number of carbonyl (C=O) groups is 5. The molecule has 0 saturated carbocycles. The van der Waals surface area contributed by atoms with Gasteiger partial charge in [-0.15, -0.1) is 0 Å². The third-order valence-electron chi connectivity index (χ3n) is 5.46. The zero-order valence-corrected chi connectivity index (χ0v) is 20.6. The molecule has 0 aliphatic heterocycles. The lowest BCUT2D eigenvalue weighted by Gasteiger charge is -2.26. The van der Waals surface area contributed by atoms with E-state index in [9.17, 15) is 29.1 Å². The van der Waals surface area contributed by atoms with E-state index in [0.29, 0.717) is 25.8 Å². The van der Waals surface area contributed by atoms with Gasteiger partial charge in [0.05, 0.1) is 12.5 Å². The van der Waals surface area contributed by atoms with Gasteiger partial charge in [-0.05, 0) is 37.6 Å². The predicted molar refractivity (Wildman–Crippen MR) is 127 cm³/mol. The maximum Gasteiger partial charge on any atom is 0.326 e. The molecule has 10 N–H and O–H groups in total. The predicted octanol–water partition coefficient (Wildman–Crippen LogP) is -1.05. The van der Waals surface area contributed by atoms with E-state index in [1.165, 1.54) is 0 Å². The second kappa shape index (κ2) is 16.0. The van der Waals surface area contributed by atoms with Crippen molar-refractivity contribution < 1.29 is 29.1 Å². The number of carboxylic acid groups (broad SMARTS) is 1. The molecule has 0 saturated heterocycles. The van der Waals surface area contributed by atoms with Crippen LogP contribution in [0.4, 0.5) is 0 Å². The van der Waals surface area contributed by atoms with E-state index in [-0.39, 0.29) is 18.3 Å². The van der Waals surface area contributed by atoms with E-state index in [1.807, 2.05) is 13.8 Å². The highest BCUT2D eigenvalue weighted by atomic mass is 16.4. The van der Waals surface area contributed by atoms with Gasteiger partial charge in [-0.1, -0.05) is 40.5 Å². The molecular weight excluding hydrogens is 444 g/mol. The number of nitrogens with one attached hydrogen (secondary N) is 3. The van der Waals surface area contributed by atoms with E-state index in [1.54, 1.807) is 13.8 Å². The third-order valence-corrected chi connectivity index (χ3v) is 5.46. The van der Waals surface area contributed by atoms with Crippen molar-refractivity contribution in [2.45, 2.75) is 90.4 Å². The van der Waals surface area contributed by atoms with Crippen LogP contribution in [0, 0.1) is 11.8 Å². The lowest BCUT2D eigenvalue weighted by Crippen LogP contribution is -2.58. The third kappa shape index (κ3) is 11.9. The topological polar surface area (TPSA) is 220 Å². The molecule has 5 atom stereocenters. The number of rotatable bonds is 17. The van der Waals surface area contributed by atoms with Crippen molar-refractivity contribution >= 4 is 29.6 Å². The van der Waals surface area contributed by atoms with Crippen LogP contribution in [-0.4, -0.2) is 65.4 Å². The van der Waals surface area contributed by atoms with Gasteiger partial charge in [-0.2, -0.15) is 0 Å². The highest BCUT2D eigenvalue weighted by Crippen LogP contribution is 2.10. The van der Waals surface area contributed by atoms with Crippen LogP contribution in [0.15, 0.2) is 0 Å². The molecule has 0 aromatic rings. The van der Waals surface area contributed by atoms with E-state index < -0.39 is 60.2 Å². The molecule has 0 rings (SSSR count). The molecule has 0 aliphatic carbocycles. The quantitative estimate of drug-likeness (QED) is 0.125. The number of carboxylic acids is 1. The summed E-state index contributed by atoms with van der Waals surface area (Å²) in [7, 11) is 0. The number of aliphatic carboxylic acids is 1. The summed E-state index contributed by atoms with van der Waals surface area (Å²) in [6.45, 7) is 7.62. The molecule has 0 radical (unpaired) electrons. The number of carbonyl (C=O) groups excluding carboxylic acids is 4. The first kappa shape index (κ1) is 31.3. The number of amides is 4. The molecular formula is C22H42N6O6. The molecule has 0 heterocycles. The van der Waals surface area contributed by atoms with Crippen molar-refractivity contribution in [2.24, 2.45) is 29.0 Å². The van der Waals surface area contributed by atoms with Gasteiger partial charge in [0.15, 0.2) is 0 Å². The first-order chi connectivity index (χ1) is 15.8. The van der Waals surface area contributed by atoms with Crippen molar-refractivity contribution in [1.29, 1.82) is 0 Å². The van der Waals surface area contributed by atoms with Crippen molar-refractivity contribution in [3.8, 4) is 0 Å². The van der Waals surface area contributed by atoms with E-state index >= 15 is 0 Å². The van der Waals surface area contributed by atoms with Gasteiger partial charge < -0.3 is 38.3 Å². The first-order valence-electron chi connectivity index (χ1n) is 11.7. The fourth-order valence-electron chi connectivity index (χ4n) is 3.24. The maximum absolute atomic E-state index is 13.0. The van der Waals surface area contributed by atoms with Crippen molar-refractivity contribution in [1.82, 2.24) is 16.0 Å². The van der Waals surface area contributed by atoms with Crippen LogP contribution in [0.5, 0.6) is 0 Å². The van der Waals surface area contributed by atoms with Crippen LogP contribution < -0.4 is 33.2 Å². The molecule has 5 unspecified atom stereocenters. The van der Waals surface area contributed by atoms with Gasteiger partial charge in [0.1, 0.15) is 18.1 Å². The average Bonchev–Trinajstić information content (AvgIpc) is 2.74. The molecule has 0 aromatic heterocycles. The van der Waals surface area contributed by atoms with Crippen LogP contribution in [-0.2, 0) is 24.0 Å². The minimum Gasteiger partial charge on any atom is -0.480 e. The molecule has 0 bridgehead atoms. The fourth-order valence-corrected chi connectivity index (χ4v) is 3.24. The Hall–Kier alpha value is -2.73. The van der Waals surface area contributed by atoms with Crippen molar-refractivity contribution in [3.05, 3.63) is 0 Å². The lowest BCUT2D eigenvalue weighted by molar-refractivity contribution is -0.144. The van der Waals surface area contributed by atoms with Gasteiger partial charge in [0.25, 0.3) is 0 Å². The monoisotopic (exact) mass is 486 g/mol. The Morgan fingerprint density at radius 3 is 1.91 bits per heavy atom. The lowest BCUT2D eigenvalue weighted by atomic mass is 9.98. The molecule has 12 heteroatoms. The van der Waals surface area contributed by atoms with Crippen molar-refractivity contribution in [3.63, 3.8) is 0 Å². The number of nitrogens with two attached hydrogens (primary N) is 3. The SMILES string of the molecule is CCC(C)C(NC(=O)C(CC(N)=O)NC(=O)C(CC(C)C)NC(=O)C(N)CCCCN)C(=O)O. The van der Waals surface area contributed by atoms with Gasteiger partial charge in [0, 0.05) is 0 Å². The maximum atomic E-state index is 13.0. The van der Waals surface area contributed by atoms with Crippen LogP contribution in [0.25, 0.3) is 0 Å². The van der Waals surface area contributed by atoms with Crippen molar-refractivity contribution in [2.75, 3.05) is 6.54 Å². The zero-order valence-electron chi connectivity index (χ0n) is 20.6. The molecule has 0 spiro atoms. The molecule has 0 aliphatic rings. The Morgan fingerprint density at radius 2 is 1.44 bits per heavy atom. The standard InChI is InChI=1S/C22H42N6O6/c1-5-13(4)18(22(33)34)28-21(32)16(11-17(25)29)27-20(31)15(10-12(2)3)26-19(30)14(24)8-6-7-9-23/h12-16,18H,5-11,23-24H2,1-4H3,(H2,25,29)(H,26,30)(H,27,31)(H,28,32)(H,33,34). The Morgan fingerprint density at radius 1 is 0.882 bits per heavy atom. The summed E-state index contributed by atoms with van der Waals surface area (Å²) in [6.07, 6.45) is 1.98. The highest BCUT2D eigenvalue weighted by molar-refractivity contribution is 5.96. The summed E-state index contributed by atoms with van der Waals surface area (Å²) in [4.78, 5) is 61.3. The summed E-state index contributed by atoms with van der Waals surface area (Å²) in [5, 5.41) is 16.8. The van der Waals surface area contributed by atoms with Gasteiger partial charge >= 0.3 is 5.97 Å². The second-order valence-electron chi connectivity index (χ2n) is 9.02. The Kier molecular flexibility index (Phi) is 14.7.